The quantitative estimate of drug-likeness (QED) is 0.613. The van der Waals surface area contributed by atoms with Crippen molar-refractivity contribution in [2.45, 2.75) is 32.4 Å². The Balaban J connectivity index is 2.05. The molecule has 148 valence electrons. The normalized spacial score (nSPS) is 11.6. The van der Waals surface area contributed by atoms with Gasteiger partial charge in [-0.2, -0.15) is 0 Å². The number of nitrogens with two attached hydrogens (primary N) is 1. The molecule has 0 aliphatic carbocycles. The number of carbonyl (C=O) groups is 3. The summed E-state index contributed by atoms with van der Waals surface area (Å²) < 4.78 is 5.12. The Morgan fingerprint density at radius 2 is 1.71 bits per heavy atom. The molecule has 2 aromatic rings. The first-order valence-corrected chi connectivity index (χ1v) is 9.05. The molecule has 0 aromatic heterocycles. The number of primary amides is 1. The summed E-state index contributed by atoms with van der Waals surface area (Å²) in [5, 5.41) is 5.66. The summed E-state index contributed by atoms with van der Waals surface area (Å²) in [5.74, 6) is -0.784. The Labute approximate surface area is 168 Å². The second-order valence-electron chi connectivity index (χ2n) is 6.37. The number of benzene rings is 2. The van der Waals surface area contributed by atoms with E-state index in [1.54, 1.807) is 62.4 Å². The molecule has 0 fully saturated rings. The number of rotatable bonds is 7. The van der Waals surface area contributed by atoms with Crippen molar-refractivity contribution in [1.82, 2.24) is 5.32 Å². The van der Waals surface area contributed by atoms with E-state index in [0.29, 0.717) is 21.8 Å². The third-order valence-electron chi connectivity index (χ3n) is 3.73. The zero-order valence-electron chi connectivity index (χ0n) is 15.6. The Bertz CT molecular complexity index is 853. The van der Waals surface area contributed by atoms with Gasteiger partial charge in [-0.1, -0.05) is 29.8 Å². The summed E-state index contributed by atoms with van der Waals surface area (Å²) in [4.78, 5) is 35.6. The Hall–Kier alpha value is -3.06. The molecule has 3 amide bonds. The minimum atomic E-state index is -0.759. The molecule has 4 N–H and O–H groups in total. The van der Waals surface area contributed by atoms with E-state index < -0.39 is 18.0 Å². The lowest BCUT2D eigenvalue weighted by molar-refractivity contribution is -0.116. The van der Waals surface area contributed by atoms with Gasteiger partial charge in [-0.05, 0) is 49.7 Å². The van der Waals surface area contributed by atoms with Crippen molar-refractivity contribution in [1.29, 1.82) is 0 Å². The highest BCUT2D eigenvalue weighted by atomic mass is 35.5. The molecule has 7 nitrogen and oxygen atoms in total. The summed E-state index contributed by atoms with van der Waals surface area (Å²) in [7, 11) is 0. The average molecular weight is 404 g/mol. The number of urea groups is 1. The summed E-state index contributed by atoms with van der Waals surface area (Å²) in [6.07, 6.45) is -0.282. The number of ether oxygens (including phenoxy) is 1. The van der Waals surface area contributed by atoms with Crippen molar-refractivity contribution in [2.75, 3.05) is 5.32 Å². The fourth-order valence-electron chi connectivity index (χ4n) is 2.54. The Morgan fingerprint density at radius 1 is 1.07 bits per heavy atom. The average Bonchev–Trinajstić information content (AvgIpc) is 2.61. The lowest BCUT2D eigenvalue weighted by Crippen LogP contribution is -2.35. The number of halogens is 1. The molecule has 0 unspecified atom stereocenters. The van der Waals surface area contributed by atoms with Gasteiger partial charge < -0.3 is 21.1 Å². The predicted molar refractivity (Wildman–Crippen MR) is 107 cm³/mol. The lowest BCUT2D eigenvalue weighted by atomic mass is 10.0. The molecule has 8 heteroatoms. The fraction of sp³-hybridized carbons (Fsp3) is 0.250. The minimum Gasteiger partial charge on any atom is -0.459 e. The lowest BCUT2D eigenvalue weighted by Gasteiger charge is -2.19. The van der Waals surface area contributed by atoms with E-state index >= 15 is 0 Å². The van der Waals surface area contributed by atoms with Crippen LogP contribution in [0.2, 0.25) is 5.02 Å². The number of esters is 1. The van der Waals surface area contributed by atoms with E-state index in [1.165, 1.54) is 0 Å². The summed E-state index contributed by atoms with van der Waals surface area (Å²) >= 11 is 6.16. The first-order chi connectivity index (χ1) is 13.3. The van der Waals surface area contributed by atoms with Crippen molar-refractivity contribution in [3.63, 3.8) is 0 Å². The Kier molecular flexibility index (Phi) is 7.40. The van der Waals surface area contributed by atoms with Gasteiger partial charge >= 0.3 is 12.0 Å². The van der Waals surface area contributed by atoms with Crippen molar-refractivity contribution in [3.8, 4) is 0 Å². The second kappa shape index (κ2) is 9.75. The highest BCUT2D eigenvalue weighted by molar-refractivity contribution is 6.31. The number of hydrogen-bond donors (Lipinski definition) is 3. The van der Waals surface area contributed by atoms with Crippen LogP contribution in [-0.2, 0) is 9.53 Å². The van der Waals surface area contributed by atoms with Crippen LogP contribution in [0.4, 0.5) is 10.5 Å². The van der Waals surface area contributed by atoms with Crippen LogP contribution in [0.1, 0.15) is 42.2 Å². The molecule has 2 aromatic carbocycles. The molecule has 0 saturated heterocycles. The second-order valence-corrected chi connectivity index (χ2v) is 6.77. The Morgan fingerprint density at radius 3 is 2.29 bits per heavy atom. The number of nitrogens with one attached hydrogen (secondary N) is 2. The standard InChI is InChI=1S/C20H22ClN3O4/c1-12(2)28-19(26)13-7-9-14(10-8-13)23-18(25)11-17(24-20(22)27)15-5-3-4-6-16(15)21/h3-10,12,17H,11H2,1-2H3,(H,23,25)(H3,22,24,27)/t17-/m0/s1. The molecule has 1 atom stereocenters. The summed E-state index contributed by atoms with van der Waals surface area (Å²) in [6, 6.07) is 11.8. The van der Waals surface area contributed by atoms with Gasteiger partial charge in [-0.15, -0.1) is 0 Å². The maximum absolute atomic E-state index is 12.4. The van der Waals surface area contributed by atoms with E-state index in [2.05, 4.69) is 10.6 Å². The van der Waals surface area contributed by atoms with Gasteiger partial charge in [0.1, 0.15) is 0 Å². The molecule has 2 rings (SSSR count). The molecule has 0 saturated carbocycles. The molecule has 0 spiro atoms. The smallest absolute Gasteiger partial charge is 0.338 e. The highest BCUT2D eigenvalue weighted by Crippen LogP contribution is 2.25. The molecule has 0 heterocycles. The van der Waals surface area contributed by atoms with E-state index in [9.17, 15) is 14.4 Å². The summed E-state index contributed by atoms with van der Waals surface area (Å²) in [6.45, 7) is 3.53. The molecular weight excluding hydrogens is 382 g/mol. The minimum absolute atomic E-state index is 0.0657. The largest absolute Gasteiger partial charge is 0.459 e. The zero-order valence-corrected chi connectivity index (χ0v) is 16.3. The fourth-order valence-corrected chi connectivity index (χ4v) is 2.80. The van der Waals surface area contributed by atoms with Crippen LogP contribution in [0.15, 0.2) is 48.5 Å². The number of amides is 3. The van der Waals surface area contributed by atoms with E-state index in [0.717, 1.165) is 0 Å². The van der Waals surface area contributed by atoms with E-state index in [4.69, 9.17) is 22.1 Å². The van der Waals surface area contributed by atoms with Gasteiger partial charge in [0, 0.05) is 10.7 Å². The van der Waals surface area contributed by atoms with Crippen LogP contribution in [-0.4, -0.2) is 24.0 Å². The highest BCUT2D eigenvalue weighted by Gasteiger charge is 2.20. The van der Waals surface area contributed by atoms with Gasteiger partial charge in [0.2, 0.25) is 5.91 Å². The molecule has 0 aliphatic heterocycles. The first kappa shape index (κ1) is 21.2. The van der Waals surface area contributed by atoms with Crippen LogP contribution >= 0.6 is 11.6 Å². The van der Waals surface area contributed by atoms with Crippen molar-refractivity contribution < 1.29 is 19.1 Å². The van der Waals surface area contributed by atoms with E-state index in [-0.39, 0.29) is 18.4 Å². The predicted octanol–water partition coefficient (Wildman–Crippen LogP) is 3.64. The van der Waals surface area contributed by atoms with Crippen LogP contribution in [0, 0.1) is 0 Å². The zero-order chi connectivity index (χ0) is 20.7. The van der Waals surface area contributed by atoms with Crippen LogP contribution in [0.3, 0.4) is 0 Å². The number of anilines is 1. The van der Waals surface area contributed by atoms with Gasteiger partial charge in [-0.3, -0.25) is 4.79 Å². The van der Waals surface area contributed by atoms with Crippen LogP contribution in [0.5, 0.6) is 0 Å². The third-order valence-corrected chi connectivity index (χ3v) is 4.08. The molecule has 0 bridgehead atoms. The molecule has 0 aliphatic rings. The van der Waals surface area contributed by atoms with Crippen LogP contribution in [0.25, 0.3) is 0 Å². The number of hydrogen-bond acceptors (Lipinski definition) is 4. The maximum Gasteiger partial charge on any atom is 0.338 e. The summed E-state index contributed by atoms with van der Waals surface area (Å²) in [5.41, 5.74) is 6.70. The SMILES string of the molecule is CC(C)OC(=O)c1ccc(NC(=O)C[C@H](NC(N)=O)c2ccccc2Cl)cc1. The van der Waals surface area contributed by atoms with Crippen LogP contribution < -0.4 is 16.4 Å². The van der Waals surface area contributed by atoms with Gasteiger partial charge in [0.25, 0.3) is 0 Å². The maximum atomic E-state index is 12.4. The van der Waals surface area contributed by atoms with Gasteiger partial charge in [0.15, 0.2) is 0 Å². The number of carbonyl (C=O) groups excluding carboxylic acids is 3. The van der Waals surface area contributed by atoms with Crippen molar-refractivity contribution in [3.05, 3.63) is 64.7 Å². The van der Waals surface area contributed by atoms with Crippen molar-refractivity contribution >= 4 is 35.2 Å². The first-order valence-electron chi connectivity index (χ1n) is 8.67. The van der Waals surface area contributed by atoms with Crippen molar-refractivity contribution in [2.24, 2.45) is 5.73 Å². The molecular formula is C20H22ClN3O4. The molecule has 28 heavy (non-hydrogen) atoms. The van der Waals surface area contributed by atoms with Gasteiger partial charge in [0.05, 0.1) is 24.1 Å². The van der Waals surface area contributed by atoms with E-state index in [1.807, 2.05) is 0 Å². The molecule has 0 radical (unpaired) electrons. The topological polar surface area (TPSA) is 111 Å². The third kappa shape index (κ3) is 6.28. The van der Waals surface area contributed by atoms with Gasteiger partial charge in [-0.25, -0.2) is 9.59 Å². The monoisotopic (exact) mass is 403 g/mol.